The van der Waals surface area contributed by atoms with E-state index in [2.05, 4.69) is 41.7 Å². The molecule has 2 rings (SSSR count). The van der Waals surface area contributed by atoms with Gasteiger partial charge in [-0.25, -0.2) is 9.37 Å². The fourth-order valence-electron chi connectivity index (χ4n) is 1.78. The van der Waals surface area contributed by atoms with Crippen LogP contribution >= 0.6 is 15.9 Å². The summed E-state index contributed by atoms with van der Waals surface area (Å²) in [4.78, 5) is 4.46. The first-order valence-electron chi connectivity index (χ1n) is 6.64. The Bertz CT molecular complexity index is 653. The Kier molecular flexibility index (Phi) is 4.64. The Hall–Kier alpha value is -1.46. The molecule has 0 saturated heterocycles. The smallest absolute Gasteiger partial charge is 0.219 e. The van der Waals surface area contributed by atoms with Crippen molar-refractivity contribution >= 4 is 15.9 Å². The number of hydrogen-bond donors (Lipinski definition) is 1. The second-order valence-electron chi connectivity index (χ2n) is 5.83. The normalized spacial score (nSPS) is 11.5. The van der Waals surface area contributed by atoms with Crippen LogP contribution in [0.3, 0.4) is 0 Å². The molecular formula is C16H18BrFN2O. The van der Waals surface area contributed by atoms with Gasteiger partial charge in [-0.3, -0.25) is 0 Å². The first-order valence-corrected chi connectivity index (χ1v) is 7.43. The third kappa shape index (κ3) is 4.02. The average Bonchev–Trinajstić information content (AvgIpc) is 2.41. The molecule has 2 N–H and O–H groups in total. The molecule has 0 aliphatic heterocycles. The van der Waals surface area contributed by atoms with Crippen LogP contribution in [0.1, 0.15) is 32.0 Å². The van der Waals surface area contributed by atoms with E-state index in [0.29, 0.717) is 12.4 Å². The third-order valence-corrected chi connectivity index (χ3v) is 3.47. The maximum absolute atomic E-state index is 13.8. The van der Waals surface area contributed by atoms with Gasteiger partial charge in [0, 0.05) is 22.5 Å². The van der Waals surface area contributed by atoms with Crippen molar-refractivity contribution in [2.75, 3.05) is 0 Å². The highest BCUT2D eigenvalue weighted by atomic mass is 79.9. The van der Waals surface area contributed by atoms with Crippen LogP contribution in [0.4, 0.5) is 4.39 Å². The van der Waals surface area contributed by atoms with Crippen molar-refractivity contribution in [2.45, 2.75) is 32.7 Å². The summed E-state index contributed by atoms with van der Waals surface area (Å²) in [5.41, 5.74) is 7.33. The van der Waals surface area contributed by atoms with Crippen LogP contribution < -0.4 is 10.5 Å². The molecule has 0 fully saturated rings. The van der Waals surface area contributed by atoms with E-state index in [0.717, 1.165) is 15.7 Å². The molecule has 0 spiro atoms. The maximum atomic E-state index is 13.8. The third-order valence-electron chi connectivity index (χ3n) is 2.97. The van der Waals surface area contributed by atoms with Gasteiger partial charge in [0.15, 0.2) is 11.6 Å². The summed E-state index contributed by atoms with van der Waals surface area (Å²) in [6.07, 6.45) is 0. The predicted molar refractivity (Wildman–Crippen MR) is 85.0 cm³/mol. The molecule has 1 heterocycles. The minimum absolute atomic E-state index is 0.130. The maximum Gasteiger partial charge on any atom is 0.219 e. The molecule has 0 atom stereocenters. The Morgan fingerprint density at radius 2 is 1.95 bits per heavy atom. The summed E-state index contributed by atoms with van der Waals surface area (Å²) in [7, 11) is 0. The van der Waals surface area contributed by atoms with Gasteiger partial charge in [0.2, 0.25) is 5.88 Å². The lowest BCUT2D eigenvalue weighted by molar-refractivity contribution is 0.420. The van der Waals surface area contributed by atoms with Crippen molar-refractivity contribution in [1.82, 2.24) is 4.98 Å². The molecule has 0 amide bonds. The number of aromatic nitrogens is 1. The first kappa shape index (κ1) is 15.9. The summed E-state index contributed by atoms with van der Waals surface area (Å²) in [6.45, 7) is 6.54. The summed E-state index contributed by atoms with van der Waals surface area (Å²) < 4.78 is 20.1. The van der Waals surface area contributed by atoms with E-state index in [1.165, 1.54) is 6.07 Å². The average molecular weight is 353 g/mol. The lowest BCUT2D eigenvalue weighted by Gasteiger charge is -2.19. The van der Waals surface area contributed by atoms with Crippen LogP contribution in [0, 0.1) is 5.82 Å². The minimum atomic E-state index is -0.435. The van der Waals surface area contributed by atoms with E-state index in [-0.39, 0.29) is 11.2 Å². The van der Waals surface area contributed by atoms with Gasteiger partial charge in [-0.1, -0.05) is 36.7 Å². The molecule has 21 heavy (non-hydrogen) atoms. The number of rotatable bonds is 3. The molecule has 0 unspecified atom stereocenters. The van der Waals surface area contributed by atoms with Crippen molar-refractivity contribution < 1.29 is 9.13 Å². The molecule has 0 aliphatic rings. The SMILES string of the molecule is CC(C)(C)c1cc(CN)cc(Oc2cc(Br)ccc2F)n1. The number of nitrogens with two attached hydrogens (primary N) is 1. The minimum Gasteiger partial charge on any atom is -0.436 e. The summed E-state index contributed by atoms with van der Waals surface area (Å²) in [6, 6.07) is 8.21. The van der Waals surface area contributed by atoms with Gasteiger partial charge >= 0.3 is 0 Å². The van der Waals surface area contributed by atoms with Gasteiger partial charge in [-0.05, 0) is 29.8 Å². The molecule has 0 bridgehead atoms. The molecular weight excluding hydrogens is 335 g/mol. The van der Waals surface area contributed by atoms with Crippen molar-refractivity contribution in [2.24, 2.45) is 5.73 Å². The zero-order valence-electron chi connectivity index (χ0n) is 12.3. The lowest BCUT2D eigenvalue weighted by atomic mass is 9.91. The number of ether oxygens (including phenoxy) is 1. The van der Waals surface area contributed by atoms with E-state index in [9.17, 15) is 4.39 Å². The predicted octanol–water partition coefficient (Wildman–Crippen LogP) is 4.53. The molecule has 112 valence electrons. The fourth-order valence-corrected chi connectivity index (χ4v) is 2.12. The van der Waals surface area contributed by atoms with Crippen LogP contribution in [-0.4, -0.2) is 4.98 Å². The standard InChI is InChI=1S/C16H18BrFN2O/c1-16(2,3)14-6-10(9-19)7-15(20-14)21-13-8-11(17)4-5-12(13)18/h4-8H,9,19H2,1-3H3. The van der Waals surface area contributed by atoms with Crippen LogP contribution in [0.15, 0.2) is 34.8 Å². The zero-order chi connectivity index (χ0) is 15.6. The summed E-state index contributed by atoms with van der Waals surface area (Å²) in [5.74, 6) is 0.0428. The number of hydrogen-bond acceptors (Lipinski definition) is 3. The van der Waals surface area contributed by atoms with Crippen molar-refractivity contribution in [3.63, 3.8) is 0 Å². The monoisotopic (exact) mass is 352 g/mol. The van der Waals surface area contributed by atoms with Gasteiger partial charge in [-0.2, -0.15) is 0 Å². The van der Waals surface area contributed by atoms with E-state index >= 15 is 0 Å². The van der Waals surface area contributed by atoms with Crippen molar-refractivity contribution in [3.8, 4) is 11.6 Å². The zero-order valence-corrected chi connectivity index (χ0v) is 13.9. The Morgan fingerprint density at radius 1 is 1.24 bits per heavy atom. The highest BCUT2D eigenvalue weighted by Gasteiger charge is 2.18. The lowest BCUT2D eigenvalue weighted by Crippen LogP contribution is -2.15. The van der Waals surface area contributed by atoms with Gasteiger partial charge in [-0.15, -0.1) is 0 Å². The fraction of sp³-hybridized carbons (Fsp3) is 0.312. The Labute approximate surface area is 132 Å². The van der Waals surface area contributed by atoms with Gasteiger partial charge < -0.3 is 10.5 Å². The number of benzene rings is 1. The van der Waals surface area contributed by atoms with Crippen LogP contribution in [0.5, 0.6) is 11.6 Å². The summed E-state index contributed by atoms with van der Waals surface area (Å²) >= 11 is 3.30. The molecule has 0 saturated carbocycles. The van der Waals surface area contributed by atoms with E-state index in [1.807, 2.05) is 6.07 Å². The molecule has 1 aromatic carbocycles. The topological polar surface area (TPSA) is 48.1 Å². The number of pyridine rings is 1. The highest BCUT2D eigenvalue weighted by molar-refractivity contribution is 9.10. The van der Waals surface area contributed by atoms with Crippen LogP contribution in [0.25, 0.3) is 0 Å². The number of nitrogens with zero attached hydrogens (tertiary/aromatic N) is 1. The second-order valence-corrected chi connectivity index (χ2v) is 6.75. The molecule has 0 aliphatic carbocycles. The summed E-state index contributed by atoms with van der Waals surface area (Å²) in [5, 5.41) is 0. The van der Waals surface area contributed by atoms with Crippen molar-refractivity contribution in [1.29, 1.82) is 0 Å². The van der Waals surface area contributed by atoms with E-state index in [1.54, 1.807) is 18.2 Å². The first-order chi connectivity index (χ1) is 9.79. The molecule has 2 aromatic rings. The van der Waals surface area contributed by atoms with Crippen LogP contribution in [-0.2, 0) is 12.0 Å². The molecule has 3 nitrogen and oxygen atoms in total. The molecule has 0 radical (unpaired) electrons. The highest BCUT2D eigenvalue weighted by Crippen LogP contribution is 2.29. The van der Waals surface area contributed by atoms with Crippen molar-refractivity contribution in [3.05, 3.63) is 51.9 Å². The van der Waals surface area contributed by atoms with Crippen LogP contribution in [0.2, 0.25) is 0 Å². The quantitative estimate of drug-likeness (QED) is 0.882. The largest absolute Gasteiger partial charge is 0.436 e. The molecule has 1 aromatic heterocycles. The van der Waals surface area contributed by atoms with Gasteiger partial charge in [0.05, 0.1) is 5.69 Å². The Balaban J connectivity index is 2.42. The molecule has 5 heteroatoms. The van der Waals surface area contributed by atoms with Gasteiger partial charge in [0.1, 0.15) is 0 Å². The second kappa shape index (κ2) is 6.12. The Morgan fingerprint density at radius 3 is 2.57 bits per heavy atom. The van der Waals surface area contributed by atoms with E-state index < -0.39 is 5.82 Å². The van der Waals surface area contributed by atoms with Gasteiger partial charge in [0.25, 0.3) is 0 Å². The number of halogens is 2. The van der Waals surface area contributed by atoms with E-state index in [4.69, 9.17) is 10.5 Å².